The average molecular weight is 393 g/mol. The van der Waals surface area contributed by atoms with E-state index in [0.29, 0.717) is 4.73 Å². The van der Waals surface area contributed by atoms with Crippen LogP contribution in [0.3, 0.4) is 0 Å². The number of hydrogen-bond acceptors (Lipinski definition) is 3. The lowest BCUT2D eigenvalue weighted by Gasteiger charge is -2.23. The van der Waals surface area contributed by atoms with Gasteiger partial charge in [-0.05, 0) is 17.7 Å². The first-order valence-corrected chi connectivity index (χ1v) is 8.66. The van der Waals surface area contributed by atoms with Crippen LogP contribution in [0.2, 0.25) is 0 Å². The van der Waals surface area contributed by atoms with Crippen molar-refractivity contribution in [1.29, 1.82) is 0 Å². The van der Waals surface area contributed by atoms with Crippen molar-refractivity contribution in [2.45, 2.75) is 19.1 Å². The topological polar surface area (TPSA) is 67.6 Å². The molecule has 6 nitrogen and oxygen atoms in total. The zero-order valence-corrected chi connectivity index (χ0v) is 14.9. The number of carbonyl (C=O) groups is 2. The summed E-state index contributed by atoms with van der Waals surface area (Å²) in [5.74, 6) is -0.713. The molecule has 1 fully saturated rings. The Labute approximate surface area is 159 Å². The predicted octanol–water partition coefficient (Wildman–Crippen LogP) is 2.21. The number of pyridine rings is 1. The smallest absolute Gasteiger partial charge is 0.416 e. The van der Waals surface area contributed by atoms with E-state index in [4.69, 9.17) is 0 Å². The molecule has 1 aromatic heterocycles. The second-order valence-electron chi connectivity index (χ2n) is 6.46. The van der Waals surface area contributed by atoms with Crippen LogP contribution in [0.4, 0.5) is 13.2 Å². The summed E-state index contributed by atoms with van der Waals surface area (Å²) in [5, 5.41) is 11.4. The fourth-order valence-electron chi connectivity index (χ4n) is 3.14. The first-order valence-electron chi connectivity index (χ1n) is 8.66. The number of alkyl halides is 3. The Bertz CT molecular complexity index is 886. The molecule has 0 bridgehead atoms. The summed E-state index contributed by atoms with van der Waals surface area (Å²) in [6.45, 7) is 0.249. The van der Waals surface area contributed by atoms with Crippen LogP contribution in [0.1, 0.15) is 27.9 Å². The molecule has 2 heterocycles. The van der Waals surface area contributed by atoms with Crippen molar-refractivity contribution < 1.29 is 27.5 Å². The van der Waals surface area contributed by atoms with Crippen LogP contribution >= 0.6 is 0 Å². The van der Waals surface area contributed by atoms with Gasteiger partial charge in [-0.2, -0.15) is 17.9 Å². The monoisotopic (exact) mass is 393 g/mol. The second kappa shape index (κ2) is 7.87. The highest BCUT2D eigenvalue weighted by atomic mass is 19.4. The Hall–Kier alpha value is -3.10. The third-order valence-corrected chi connectivity index (χ3v) is 4.58. The van der Waals surface area contributed by atoms with Crippen LogP contribution in [0.15, 0.2) is 48.8 Å². The first kappa shape index (κ1) is 19.7. The Morgan fingerprint density at radius 1 is 1.11 bits per heavy atom. The number of hydrogen-bond donors (Lipinski definition) is 0. The van der Waals surface area contributed by atoms with Gasteiger partial charge in [0.05, 0.1) is 5.56 Å². The van der Waals surface area contributed by atoms with E-state index in [-0.39, 0.29) is 49.6 Å². The fourth-order valence-corrected chi connectivity index (χ4v) is 3.14. The quantitative estimate of drug-likeness (QED) is 0.593. The largest absolute Gasteiger partial charge is 0.619 e. The predicted molar refractivity (Wildman–Crippen MR) is 92.8 cm³/mol. The van der Waals surface area contributed by atoms with Gasteiger partial charge in [-0.1, -0.05) is 18.2 Å². The van der Waals surface area contributed by atoms with Gasteiger partial charge in [0.25, 0.3) is 5.91 Å². The van der Waals surface area contributed by atoms with Crippen molar-refractivity contribution in [1.82, 2.24) is 9.80 Å². The number of halogens is 3. The lowest BCUT2D eigenvalue weighted by Crippen LogP contribution is -2.37. The summed E-state index contributed by atoms with van der Waals surface area (Å²) in [5.41, 5.74) is -0.566. The summed E-state index contributed by atoms with van der Waals surface area (Å²) in [6, 6.07) is 8.09. The van der Waals surface area contributed by atoms with Gasteiger partial charge in [0.1, 0.15) is 5.56 Å². The van der Waals surface area contributed by atoms with Gasteiger partial charge < -0.3 is 15.0 Å². The molecule has 2 aromatic rings. The van der Waals surface area contributed by atoms with Gasteiger partial charge in [0, 0.05) is 38.7 Å². The van der Waals surface area contributed by atoms with Crippen molar-refractivity contribution in [3.05, 3.63) is 70.7 Å². The highest BCUT2D eigenvalue weighted by Gasteiger charge is 2.34. The van der Waals surface area contributed by atoms with Crippen molar-refractivity contribution >= 4 is 11.8 Å². The maximum absolute atomic E-state index is 13.2. The summed E-state index contributed by atoms with van der Waals surface area (Å²) in [7, 11) is 0. The van der Waals surface area contributed by atoms with E-state index in [1.54, 1.807) is 0 Å². The van der Waals surface area contributed by atoms with E-state index in [9.17, 15) is 28.0 Å². The maximum Gasteiger partial charge on any atom is 0.416 e. The molecule has 2 amide bonds. The number of carbonyl (C=O) groups excluding carboxylic acids is 2. The molecule has 1 aliphatic rings. The van der Waals surface area contributed by atoms with E-state index in [2.05, 4.69) is 0 Å². The van der Waals surface area contributed by atoms with Crippen molar-refractivity contribution in [3.63, 3.8) is 0 Å². The molecule has 3 rings (SSSR count). The van der Waals surface area contributed by atoms with Gasteiger partial charge in [0.2, 0.25) is 5.91 Å². The van der Waals surface area contributed by atoms with Crippen molar-refractivity contribution in [2.24, 2.45) is 0 Å². The van der Waals surface area contributed by atoms with Gasteiger partial charge >= 0.3 is 6.18 Å². The Balaban J connectivity index is 1.73. The van der Waals surface area contributed by atoms with E-state index < -0.39 is 17.6 Å². The Kier molecular flexibility index (Phi) is 5.53. The van der Waals surface area contributed by atoms with E-state index in [0.717, 1.165) is 12.3 Å². The lowest BCUT2D eigenvalue weighted by atomic mass is 10.1. The summed E-state index contributed by atoms with van der Waals surface area (Å²) < 4.78 is 40.1. The molecule has 1 aliphatic heterocycles. The number of amides is 2. The SMILES string of the molecule is O=C1CCN(C(=O)c2ccc[n+]([O-])c2)CCN1Cc1ccccc1C(F)(F)F. The van der Waals surface area contributed by atoms with Gasteiger partial charge in [-0.15, -0.1) is 0 Å². The number of benzene rings is 1. The summed E-state index contributed by atoms with van der Waals surface area (Å²) >= 11 is 0. The molecule has 0 N–H and O–H groups in total. The number of nitrogens with zero attached hydrogens (tertiary/aromatic N) is 3. The van der Waals surface area contributed by atoms with E-state index in [1.807, 2.05) is 0 Å². The van der Waals surface area contributed by atoms with Gasteiger partial charge in [-0.25, -0.2) is 0 Å². The van der Waals surface area contributed by atoms with Crippen molar-refractivity contribution in [2.75, 3.05) is 19.6 Å². The fraction of sp³-hybridized carbons (Fsp3) is 0.316. The molecule has 1 aromatic carbocycles. The average Bonchev–Trinajstić information content (AvgIpc) is 2.83. The molecule has 0 spiro atoms. The second-order valence-corrected chi connectivity index (χ2v) is 6.46. The van der Waals surface area contributed by atoms with Crippen LogP contribution in [-0.4, -0.2) is 41.2 Å². The summed E-state index contributed by atoms with van der Waals surface area (Å²) in [6.07, 6.45) is -2.10. The minimum atomic E-state index is -4.51. The number of rotatable bonds is 3. The standard InChI is InChI=1S/C19H18F3N3O3/c20-19(21,22)16-6-2-1-4-14(16)12-24-11-10-23(9-7-17(24)26)18(27)15-5-3-8-25(28)13-15/h1-6,8,13H,7,9-12H2. The molecule has 9 heteroatoms. The molecule has 0 unspecified atom stereocenters. The van der Waals surface area contributed by atoms with Crippen LogP contribution in [0.5, 0.6) is 0 Å². The molecular formula is C19H18F3N3O3. The molecular weight excluding hydrogens is 375 g/mol. The van der Waals surface area contributed by atoms with Crippen LogP contribution in [0.25, 0.3) is 0 Å². The Morgan fingerprint density at radius 3 is 2.57 bits per heavy atom. The normalized spacial score (nSPS) is 15.5. The van der Waals surface area contributed by atoms with Crippen LogP contribution in [0, 0.1) is 5.21 Å². The highest BCUT2D eigenvalue weighted by molar-refractivity contribution is 5.94. The summed E-state index contributed by atoms with van der Waals surface area (Å²) in [4.78, 5) is 27.7. The highest BCUT2D eigenvalue weighted by Crippen LogP contribution is 2.32. The molecule has 1 saturated heterocycles. The lowest BCUT2D eigenvalue weighted by molar-refractivity contribution is -0.605. The van der Waals surface area contributed by atoms with E-state index >= 15 is 0 Å². The van der Waals surface area contributed by atoms with Gasteiger partial charge in [-0.3, -0.25) is 9.59 Å². The zero-order valence-electron chi connectivity index (χ0n) is 14.9. The minimum Gasteiger partial charge on any atom is -0.619 e. The zero-order chi connectivity index (χ0) is 20.3. The molecule has 28 heavy (non-hydrogen) atoms. The van der Waals surface area contributed by atoms with Crippen LogP contribution < -0.4 is 4.73 Å². The molecule has 0 atom stereocenters. The van der Waals surface area contributed by atoms with Crippen LogP contribution in [-0.2, 0) is 17.5 Å². The molecule has 0 aliphatic carbocycles. The van der Waals surface area contributed by atoms with Crippen molar-refractivity contribution in [3.8, 4) is 0 Å². The first-order chi connectivity index (χ1) is 13.3. The maximum atomic E-state index is 13.2. The van der Waals surface area contributed by atoms with E-state index in [1.165, 1.54) is 46.3 Å². The number of aromatic nitrogens is 1. The molecule has 0 saturated carbocycles. The molecule has 148 valence electrons. The third-order valence-electron chi connectivity index (χ3n) is 4.58. The Morgan fingerprint density at radius 2 is 1.86 bits per heavy atom. The van der Waals surface area contributed by atoms with Gasteiger partial charge in [0.15, 0.2) is 12.4 Å². The third kappa shape index (κ3) is 4.41. The molecule has 0 radical (unpaired) electrons. The minimum absolute atomic E-state index is 0.00410.